The van der Waals surface area contributed by atoms with Crippen molar-refractivity contribution >= 4 is 27.3 Å². The van der Waals surface area contributed by atoms with Crippen molar-refractivity contribution in [2.45, 2.75) is 37.0 Å². The zero-order chi connectivity index (χ0) is 30.3. The van der Waals surface area contributed by atoms with Crippen LogP contribution in [0.1, 0.15) is 46.6 Å². The fraction of sp³-hybridized carbons (Fsp3) is 0.345. The summed E-state index contributed by atoms with van der Waals surface area (Å²) < 4.78 is 66.1. The van der Waals surface area contributed by atoms with Crippen molar-refractivity contribution in [1.29, 1.82) is 0 Å². The number of primary sulfonamides is 1. The molecule has 1 atom stereocenters. The molecule has 3 heterocycles. The van der Waals surface area contributed by atoms with Gasteiger partial charge in [-0.05, 0) is 67.5 Å². The van der Waals surface area contributed by atoms with Gasteiger partial charge in [-0.2, -0.15) is 5.10 Å². The number of rotatable bonds is 11. The Balaban J connectivity index is 1.46. The van der Waals surface area contributed by atoms with E-state index in [1.807, 2.05) is 0 Å². The normalized spacial score (nSPS) is 17.0. The van der Waals surface area contributed by atoms with Crippen molar-refractivity contribution in [1.82, 2.24) is 14.8 Å². The molecule has 6 rings (SSSR count). The van der Waals surface area contributed by atoms with Gasteiger partial charge in [0.15, 0.2) is 17.3 Å². The van der Waals surface area contributed by atoms with Crippen LogP contribution in [0.2, 0.25) is 0 Å². The van der Waals surface area contributed by atoms with E-state index in [0.29, 0.717) is 59.7 Å². The predicted octanol–water partition coefficient (Wildman–Crippen LogP) is 4.58. The molecule has 2 fully saturated rings. The summed E-state index contributed by atoms with van der Waals surface area (Å²) in [6.45, 7) is 1.48. The molecule has 1 unspecified atom stereocenters. The van der Waals surface area contributed by atoms with E-state index >= 15 is 0 Å². The Morgan fingerprint density at radius 1 is 1.14 bits per heavy atom. The van der Waals surface area contributed by atoms with Gasteiger partial charge in [-0.25, -0.2) is 36.8 Å². The Bertz CT molecular complexity index is 1800. The van der Waals surface area contributed by atoms with Gasteiger partial charge in [-0.3, -0.25) is 0 Å². The number of nitrogens with zero attached hydrogens (tertiary/aromatic N) is 3. The molecule has 1 saturated carbocycles. The second-order valence-corrected chi connectivity index (χ2v) is 13.2. The second kappa shape index (κ2) is 11.8. The molecule has 1 aliphatic carbocycles. The molecule has 4 aromatic rings. The quantitative estimate of drug-likeness (QED) is 0.245. The number of thiazole rings is 1. The molecule has 3 N–H and O–H groups in total. The van der Waals surface area contributed by atoms with Crippen LogP contribution in [0.5, 0.6) is 5.75 Å². The van der Waals surface area contributed by atoms with E-state index in [-0.39, 0.29) is 23.8 Å². The Hall–Kier alpha value is -3.72. The lowest BCUT2D eigenvalue weighted by molar-refractivity contribution is 0.0691. The second-order valence-electron chi connectivity index (χ2n) is 10.8. The first kappa shape index (κ1) is 29.4. The Labute approximate surface area is 250 Å². The van der Waals surface area contributed by atoms with Gasteiger partial charge in [0.2, 0.25) is 15.2 Å². The first-order chi connectivity index (χ1) is 20.6. The third-order valence-corrected chi connectivity index (χ3v) is 9.31. The van der Waals surface area contributed by atoms with Gasteiger partial charge >= 0.3 is 5.97 Å². The van der Waals surface area contributed by atoms with Crippen molar-refractivity contribution in [3.63, 3.8) is 0 Å². The average Bonchev–Trinajstić information content (AvgIpc) is 3.30. The van der Waals surface area contributed by atoms with Crippen LogP contribution in [0.15, 0.2) is 46.7 Å². The molecule has 0 radical (unpaired) electrons. The van der Waals surface area contributed by atoms with Crippen molar-refractivity contribution < 1.29 is 36.6 Å². The molecule has 14 heteroatoms. The molecule has 0 amide bonds. The average molecular weight is 631 g/mol. The standard InChI is InChI=1S/C29H28F2N4O6S2/c30-21-5-4-19(12-25(21)41-14-18-7-8-40-13-18)27-20(9-17-3-6-26(22(31)10-17)43(32,38)39)24(11-16-1-2-16)35(34-27)29-33-23(15-42-29)28(36)37/h3-6,10,12,15-16,18H,1-2,7-9,11,13-14H2,(H,36,37)(H2,32,38,39). The Kier molecular flexibility index (Phi) is 8.02. The lowest BCUT2D eigenvalue weighted by Gasteiger charge is -2.13. The molecule has 1 saturated heterocycles. The monoisotopic (exact) mass is 630 g/mol. The van der Waals surface area contributed by atoms with E-state index in [1.165, 1.54) is 17.5 Å². The lowest BCUT2D eigenvalue weighted by Crippen LogP contribution is -2.14. The first-order valence-corrected chi connectivity index (χ1v) is 16.1. The molecule has 2 aromatic carbocycles. The smallest absolute Gasteiger partial charge is 0.355 e. The fourth-order valence-corrected chi connectivity index (χ4v) is 6.46. The highest BCUT2D eigenvalue weighted by molar-refractivity contribution is 7.89. The first-order valence-electron chi connectivity index (χ1n) is 13.7. The number of carboxylic acid groups (broad SMARTS) is 1. The van der Waals surface area contributed by atoms with Crippen LogP contribution in [0.25, 0.3) is 16.4 Å². The van der Waals surface area contributed by atoms with E-state index in [4.69, 9.17) is 19.7 Å². The number of benzene rings is 2. The van der Waals surface area contributed by atoms with Crippen LogP contribution < -0.4 is 9.88 Å². The highest BCUT2D eigenvalue weighted by Crippen LogP contribution is 2.39. The number of hydrogen-bond donors (Lipinski definition) is 2. The molecule has 0 spiro atoms. The van der Waals surface area contributed by atoms with Crippen LogP contribution in [-0.2, 0) is 27.6 Å². The molecular formula is C29H28F2N4O6S2. The molecule has 43 heavy (non-hydrogen) atoms. The number of ether oxygens (including phenoxy) is 2. The molecule has 2 aromatic heterocycles. The molecule has 10 nitrogen and oxygen atoms in total. The number of nitrogens with two attached hydrogens (primary N) is 1. The van der Waals surface area contributed by atoms with Gasteiger partial charge in [0.1, 0.15) is 10.7 Å². The van der Waals surface area contributed by atoms with Gasteiger partial charge in [-0.1, -0.05) is 6.07 Å². The summed E-state index contributed by atoms with van der Waals surface area (Å²) in [4.78, 5) is 15.2. The zero-order valence-corrected chi connectivity index (χ0v) is 24.5. The number of halogens is 2. The van der Waals surface area contributed by atoms with Crippen LogP contribution in [-0.4, -0.2) is 54.1 Å². The minimum atomic E-state index is -4.25. The summed E-state index contributed by atoms with van der Waals surface area (Å²) in [5.41, 5.74) is 2.81. The number of carboxylic acids is 1. The Morgan fingerprint density at radius 2 is 1.95 bits per heavy atom. The minimum Gasteiger partial charge on any atom is -0.490 e. The number of aromatic nitrogens is 3. The zero-order valence-electron chi connectivity index (χ0n) is 22.8. The number of hydrogen-bond acceptors (Lipinski definition) is 8. The van der Waals surface area contributed by atoms with Crippen molar-refractivity contribution in [3.05, 3.63) is 75.9 Å². The van der Waals surface area contributed by atoms with Crippen molar-refractivity contribution in [3.8, 4) is 22.1 Å². The van der Waals surface area contributed by atoms with Gasteiger partial charge in [-0.15, -0.1) is 11.3 Å². The summed E-state index contributed by atoms with van der Waals surface area (Å²) >= 11 is 1.12. The highest BCUT2D eigenvalue weighted by Gasteiger charge is 2.30. The number of carbonyl (C=O) groups is 1. The van der Waals surface area contributed by atoms with Crippen LogP contribution in [0.4, 0.5) is 8.78 Å². The van der Waals surface area contributed by atoms with Crippen LogP contribution in [0, 0.1) is 23.5 Å². The predicted molar refractivity (Wildman–Crippen MR) is 153 cm³/mol. The Morgan fingerprint density at radius 3 is 2.60 bits per heavy atom. The molecular weight excluding hydrogens is 602 g/mol. The van der Waals surface area contributed by atoms with E-state index < -0.39 is 32.5 Å². The van der Waals surface area contributed by atoms with Gasteiger partial charge in [0.05, 0.1) is 24.6 Å². The minimum absolute atomic E-state index is 0.0552. The lowest BCUT2D eigenvalue weighted by atomic mass is 9.96. The van der Waals surface area contributed by atoms with Crippen molar-refractivity contribution in [2.75, 3.05) is 19.8 Å². The van der Waals surface area contributed by atoms with Gasteiger partial charge < -0.3 is 14.6 Å². The molecule has 1 aliphatic heterocycles. The highest BCUT2D eigenvalue weighted by atomic mass is 32.2. The molecule has 2 aliphatic rings. The third kappa shape index (κ3) is 6.47. The summed E-state index contributed by atoms with van der Waals surface area (Å²) in [5, 5.41) is 21.2. The maximum Gasteiger partial charge on any atom is 0.355 e. The number of aromatic carboxylic acids is 1. The van der Waals surface area contributed by atoms with Crippen LogP contribution >= 0.6 is 11.3 Å². The fourth-order valence-electron chi connectivity index (χ4n) is 5.10. The topological polar surface area (TPSA) is 147 Å². The molecule has 226 valence electrons. The van der Waals surface area contributed by atoms with E-state index in [9.17, 15) is 27.1 Å². The maximum absolute atomic E-state index is 14.8. The third-order valence-electron chi connectivity index (χ3n) is 7.55. The van der Waals surface area contributed by atoms with Gasteiger partial charge in [0.25, 0.3) is 0 Å². The SMILES string of the molecule is NS(=O)(=O)c1ccc(Cc2c(-c3ccc(F)c(OCC4CCOC4)c3)nn(-c3nc(C(=O)O)cs3)c2CC2CC2)cc1F. The largest absolute Gasteiger partial charge is 0.490 e. The molecule has 0 bridgehead atoms. The van der Waals surface area contributed by atoms with E-state index in [1.54, 1.807) is 16.8 Å². The summed E-state index contributed by atoms with van der Waals surface area (Å²) in [6.07, 6.45) is 3.61. The van der Waals surface area contributed by atoms with Gasteiger partial charge in [0, 0.05) is 35.5 Å². The number of sulfonamides is 1. The van der Waals surface area contributed by atoms with E-state index in [0.717, 1.165) is 48.4 Å². The van der Waals surface area contributed by atoms with Crippen molar-refractivity contribution in [2.24, 2.45) is 17.0 Å². The summed E-state index contributed by atoms with van der Waals surface area (Å²) in [7, 11) is -4.25. The maximum atomic E-state index is 14.8. The van der Waals surface area contributed by atoms with Crippen LogP contribution in [0.3, 0.4) is 0 Å². The summed E-state index contributed by atoms with van der Waals surface area (Å²) in [6, 6.07) is 8.17. The van der Waals surface area contributed by atoms with E-state index in [2.05, 4.69) is 4.98 Å². The summed E-state index contributed by atoms with van der Waals surface area (Å²) in [5.74, 6) is -2.09.